The van der Waals surface area contributed by atoms with Crippen LogP contribution in [0.1, 0.15) is 18.9 Å². The molecule has 1 rings (SSSR count). The molecular weight excluding hydrogens is 278 g/mol. The highest BCUT2D eigenvalue weighted by Gasteiger charge is 2.17. The number of non-ortho nitro benzene ring substituents is 1. The Morgan fingerprint density at radius 2 is 1.86 bits per heavy atom. The molecule has 0 fully saturated rings. The van der Waals surface area contributed by atoms with Crippen LogP contribution in [-0.4, -0.2) is 29.1 Å². The van der Waals surface area contributed by atoms with Crippen molar-refractivity contribution >= 4 is 29.3 Å². The molecule has 0 aliphatic heterocycles. The Balaban J connectivity index is 2.59. The molecule has 0 saturated heterocycles. The topological polar surface area (TPSA) is 104 Å². The molecule has 1 aromatic carbocycles. The number of ether oxygens (including phenoxy) is 1. The van der Waals surface area contributed by atoms with E-state index in [0.717, 1.165) is 6.08 Å². The third-order valence-corrected chi connectivity index (χ3v) is 2.40. The van der Waals surface area contributed by atoms with Crippen LogP contribution in [0.25, 0.3) is 6.08 Å². The van der Waals surface area contributed by atoms with Crippen molar-refractivity contribution in [2.45, 2.75) is 13.3 Å². The zero-order chi connectivity index (χ0) is 15.8. The van der Waals surface area contributed by atoms with Crippen LogP contribution in [-0.2, 0) is 19.1 Å². The summed E-state index contributed by atoms with van der Waals surface area (Å²) in [4.78, 5) is 43.7. The number of nitro benzene ring substituents is 1. The summed E-state index contributed by atoms with van der Waals surface area (Å²) in [5.74, 6) is -2.49. The van der Waals surface area contributed by atoms with Crippen molar-refractivity contribution in [3.63, 3.8) is 0 Å². The van der Waals surface area contributed by atoms with Crippen LogP contribution in [0.3, 0.4) is 0 Å². The van der Waals surface area contributed by atoms with E-state index in [1.807, 2.05) is 0 Å². The monoisotopic (exact) mass is 291 g/mol. The molecule has 0 N–H and O–H groups in total. The van der Waals surface area contributed by atoms with E-state index in [0.29, 0.717) is 5.56 Å². The second kappa shape index (κ2) is 7.68. The highest BCUT2D eigenvalue weighted by atomic mass is 16.6. The molecule has 0 unspecified atom stereocenters. The first-order valence-electron chi connectivity index (χ1n) is 6.09. The maximum absolute atomic E-state index is 11.5. The smallest absolute Gasteiger partial charge is 0.375 e. The Kier molecular flexibility index (Phi) is 5.94. The summed E-state index contributed by atoms with van der Waals surface area (Å²) < 4.78 is 4.47. The number of carbonyl (C=O) groups excluding carboxylic acids is 3. The lowest BCUT2D eigenvalue weighted by Crippen LogP contribution is -2.19. The number of hydrogen-bond donors (Lipinski definition) is 0. The number of hydrogen-bond acceptors (Lipinski definition) is 6. The molecule has 7 nitrogen and oxygen atoms in total. The number of carbonyl (C=O) groups is 3. The first kappa shape index (κ1) is 16.2. The van der Waals surface area contributed by atoms with Gasteiger partial charge in [0.05, 0.1) is 18.0 Å². The van der Waals surface area contributed by atoms with Crippen LogP contribution in [0.4, 0.5) is 5.69 Å². The van der Waals surface area contributed by atoms with Crippen LogP contribution in [0, 0.1) is 10.1 Å². The fraction of sp³-hybridized carbons (Fsp3) is 0.214. The second-order valence-corrected chi connectivity index (χ2v) is 3.97. The van der Waals surface area contributed by atoms with Gasteiger partial charge in [-0.2, -0.15) is 0 Å². The summed E-state index contributed by atoms with van der Waals surface area (Å²) in [6.45, 7) is 1.62. The average Bonchev–Trinajstić information content (AvgIpc) is 2.45. The van der Waals surface area contributed by atoms with E-state index in [9.17, 15) is 24.5 Å². The lowest BCUT2D eigenvalue weighted by Gasteiger charge is -1.98. The maximum Gasteiger partial charge on any atom is 0.375 e. The van der Waals surface area contributed by atoms with E-state index in [1.165, 1.54) is 30.3 Å². The number of esters is 1. The van der Waals surface area contributed by atoms with Crippen molar-refractivity contribution in [3.8, 4) is 0 Å². The molecule has 0 spiro atoms. The predicted octanol–water partition coefficient (Wildman–Crippen LogP) is 1.70. The minimum absolute atomic E-state index is 0.0593. The molecule has 21 heavy (non-hydrogen) atoms. The maximum atomic E-state index is 11.5. The highest BCUT2D eigenvalue weighted by molar-refractivity contribution is 6.37. The Morgan fingerprint density at radius 1 is 1.24 bits per heavy atom. The Hall–Kier alpha value is -2.83. The van der Waals surface area contributed by atoms with E-state index in [-0.39, 0.29) is 12.3 Å². The number of Topliss-reactive ketones (excluding diaryl/α,β-unsaturated/α-hetero) is 1. The normalized spacial score (nSPS) is 10.3. The highest BCUT2D eigenvalue weighted by Crippen LogP contribution is 2.12. The molecule has 0 amide bonds. The van der Waals surface area contributed by atoms with Crippen LogP contribution in [0.2, 0.25) is 0 Å². The van der Waals surface area contributed by atoms with Crippen LogP contribution in [0.15, 0.2) is 30.3 Å². The summed E-state index contributed by atoms with van der Waals surface area (Å²) in [6.07, 6.45) is 1.98. The van der Waals surface area contributed by atoms with Gasteiger partial charge in [0, 0.05) is 12.1 Å². The SMILES string of the molecule is CCOC(=O)C(=O)CC(=O)C=Cc1ccc([N+](=O)[O-])cc1. The quantitative estimate of drug-likeness (QED) is 0.189. The molecule has 0 bridgehead atoms. The van der Waals surface area contributed by atoms with Crippen molar-refractivity contribution in [1.29, 1.82) is 0 Å². The van der Waals surface area contributed by atoms with E-state index < -0.39 is 28.9 Å². The minimum Gasteiger partial charge on any atom is -0.460 e. The van der Waals surface area contributed by atoms with E-state index in [1.54, 1.807) is 6.92 Å². The van der Waals surface area contributed by atoms with Crippen LogP contribution in [0.5, 0.6) is 0 Å². The van der Waals surface area contributed by atoms with E-state index in [2.05, 4.69) is 4.74 Å². The van der Waals surface area contributed by atoms with Crippen molar-refractivity contribution < 1.29 is 24.0 Å². The van der Waals surface area contributed by atoms with Gasteiger partial charge < -0.3 is 4.74 Å². The Morgan fingerprint density at radius 3 is 2.38 bits per heavy atom. The van der Waals surface area contributed by atoms with Gasteiger partial charge in [0.1, 0.15) is 0 Å². The van der Waals surface area contributed by atoms with Crippen LogP contribution < -0.4 is 0 Å². The van der Waals surface area contributed by atoms with E-state index >= 15 is 0 Å². The van der Waals surface area contributed by atoms with Gasteiger partial charge in [0.15, 0.2) is 5.78 Å². The first-order valence-corrected chi connectivity index (χ1v) is 6.09. The zero-order valence-corrected chi connectivity index (χ0v) is 11.3. The number of allylic oxidation sites excluding steroid dienone is 1. The van der Waals surface area contributed by atoms with Gasteiger partial charge in [-0.1, -0.05) is 6.08 Å². The standard InChI is InChI=1S/C14H13NO6/c1-2-21-14(18)13(17)9-12(16)8-5-10-3-6-11(7-4-10)15(19)20/h3-8H,2,9H2,1H3. The van der Waals surface area contributed by atoms with Gasteiger partial charge in [-0.25, -0.2) is 4.79 Å². The van der Waals surface area contributed by atoms with Gasteiger partial charge in [0.25, 0.3) is 5.69 Å². The second-order valence-electron chi connectivity index (χ2n) is 3.97. The summed E-state index contributed by atoms with van der Waals surface area (Å²) in [7, 11) is 0. The molecule has 110 valence electrons. The number of rotatable bonds is 7. The lowest BCUT2D eigenvalue weighted by atomic mass is 10.1. The molecule has 0 aromatic heterocycles. The van der Waals surface area contributed by atoms with E-state index in [4.69, 9.17) is 0 Å². The minimum atomic E-state index is -1.03. The van der Waals surface area contributed by atoms with Crippen LogP contribution >= 0.6 is 0 Å². The summed E-state index contributed by atoms with van der Waals surface area (Å²) in [5.41, 5.74) is 0.508. The van der Waals surface area contributed by atoms with Crippen molar-refractivity contribution in [3.05, 3.63) is 46.0 Å². The molecular formula is C14H13NO6. The summed E-state index contributed by atoms with van der Waals surface area (Å²) in [5, 5.41) is 10.5. The Bertz CT molecular complexity index is 588. The van der Waals surface area contributed by atoms with Gasteiger partial charge in [0.2, 0.25) is 5.78 Å². The number of benzene rings is 1. The predicted molar refractivity (Wildman–Crippen MR) is 73.4 cm³/mol. The van der Waals surface area contributed by atoms with Crippen molar-refractivity contribution in [2.75, 3.05) is 6.61 Å². The van der Waals surface area contributed by atoms with Crippen molar-refractivity contribution in [2.24, 2.45) is 0 Å². The number of nitrogens with zero attached hydrogens (tertiary/aromatic N) is 1. The molecule has 0 aliphatic carbocycles. The molecule has 7 heteroatoms. The first-order chi connectivity index (χ1) is 9.93. The average molecular weight is 291 g/mol. The largest absolute Gasteiger partial charge is 0.460 e. The van der Waals surface area contributed by atoms with Crippen molar-refractivity contribution in [1.82, 2.24) is 0 Å². The molecule has 0 heterocycles. The molecule has 0 radical (unpaired) electrons. The lowest BCUT2D eigenvalue weighted by molar-refractivity contribution is -0.384. The molecule has 1 aromatic rings. The Labute approximate surface area is 120 Å². The molecule has 0 atom stereocenters. The number of ketones is 2. The van der Waals surface area contributed by atoms with Gasteiger partial charge >= 0.3 is 5.97 Å². The summed E-state index contributed by atoms with van der Waals surface area (Å²) >= 11 is 0. The third kappa shape index (κ3) is 5.35. The van der Waals surface area contributed by atoms with Gasteiger partial charge in [-0.05, 0) is 30.7 Å². The summed E-state index contributed by atoms with van der Waals surface area (Å²) in [6, 6.07) is 5.53. The fourth-order valence-electron chi connectivity index (χ4n) is 1.40. The molecule has 0 saturated carbocycles. The zero-order valence-electron chi connectivity index (χ0n) is 11.3. The van der Waals surface area contributed by atoms with Gasteiger partial charge in [-0.3, -0.25) is 19.7 Å². The number of nitro groups is 1. The van der Waals surface area contributed by atoms with Gasteiger partial charge in [-0.15, -0.1) is 0 Å². The third-order valence-electron chi connectivity index (χ3n) is 2.40. The molecule has 0 aliphatic rings. The fourth-order valence-corrected chi connectivity index (χ4v) is 1.40.